The predicted octanol–water partition coefficient (Wildman–Crippen LogP) is 3.05. The van der Waals surface area contributed by atoms with Gasteiger partial charge in [0.1, 0.15) is 5.82 Å². The fourth-order valence-corrected chi connectivity index (χ4v) is 2.29. The first-order valence-electron chi connectivity index (χ1n) is 5.22. The third-order valence-electron chi connectivity index (χ3n) is 2.26. The van der Waals surface area contributed by atoms with Crippen LogP contribution in [0.15, 0.2) is 53.7 Å². The Hall–Kier alpha value is -1.39. The van der Waals surface area contributed by atoms with Crippen LogP contribution < -0.4 is 0 Å². The van der Waals surface area contributed by atoms with Gasteiger partial charge < -0.3 is 5.11 Å². The summed E-state index contributed by atoms with van der Waals surface area (Å²) < 4.78 is 12.9. The van der Waals surface area contributed by atoms with E-state index in [9.17, 15) is 9.50 Å². The zero-order valence-electron chi connectivity index (χ0n) is 9.08. The van der Waals surface area contributed by atoms with Gasteiger partial charge in [-0.25, -0.2) is 4.39 Å². The van der Waals surface area contributed by atoms with Crippen molar-refractivity contribution in [3.05, 3.63) is 60.2 Å². The summed E-state index contributed by atoms with van der Waals surface area (Å²) >= 11 is 1.53. The predicted molar refractivity (Wildman–Crippen MR) is 66.3 cm³/mol. The standard InChI is InChI=1S/C13H12FNOS/c14-11-6-10(7-15-8-11)13(16)9-17-12-4-2-1-3-5-12/h1-8,13,16H,9H2. The Morgan fingerprint density at radius 2 is 2.00 bits per heavy atom. The third-order valence-corrected chi connectivity index (χ3v) is 3.35. The smallest absolute Gasteiger partial charge is 0.141 e. The highest BCUT2D eigenvalue weighted by Crippen LogP contribution is 2.24. The molecule has 0 radical (unpaired) electrons. The van der Waals surface area contributed by atoms with Gasteiger partial charge in [0, 0.05) is 22.4 Å². The molecule has 1 unspecified atom stereocenters. The summed E-state index contributed by atoms with van der Waals surface area (Å²) in [5.41, 5.74) is 0.508. The van der Waals surface area contributed by atoms with Crippen LogP contribution in [0.2, 0.25) is 0 Å². The Morgan fingerprint density at radius 3 is 2.71 bits per heavy atom. The fraction of sp³-hybridized carbons (Fsp3) is 0.154. The molecule has 1 heterocycles. The lowest BCUT2D eigenvalue weighted by Crippen LogP contribution is -2.01. The summed E-state index contributed by atoms with van der Waals surface area (Å²) in [6, 6.07) is 11.1. The van der Waals surface area contributed by atoms with Crippen LogP contribution >= 0.6 is 11.8 Å². The first-order chi connectivity index (χ1) is 8.25. The van der Waals surface area contributed by atoms with Crippen molar-refractivity contribution in [1.82, 2.24) is 4.98 Å². The van der Waals surface area contributed by atoms with E-state index >= 15 is 0 Å². The van der Waals surface area contributed by atoms with Gasteiger partial charge in [0.05, 0.1) is 12.3 Å². The van der Waals surface area contributed by atoms with Crippen molar-refractivity contribution >= 4 is 11.8 Å². The molecule has 0 aliphatic carbocycles. The molecule has 1 atom stereocenters. The molecule has 2 rings (SSSR count). The molecule has 1 aromatic heterocycles. The van der Waals surface area contributed by atoms with E-state index in [4.69, 9.17) is 0 Å². The van der Waals surface area contributed by atoms with Crippen LogP contribution in [0, 0.1) is 5.82 Å². The molecule has 88 valence electrons. The minimum absolute atomic E-state index is 0.425. The fourth-order valence-electron chi connectivity index (χ4n) is 1.40. The summed E-state index contributed by atoms with van der Waals surface area (Å²) in [4.78, 5) is 4.80. The Kier molecular flexibility index (Phi) is 4.12. The molecular weight excluding hydrogens is 237 g/mol. The number of aliphatic hydroxyl groups excluding tert-OH is 1. The van der Waals surface area contributed by atoms with Gasteiger partial charge in [-0.2, -0.15) is 0 Å². The van der Waals surface area contributed by atoms with Crippen molar-refractivity contribution in [1.29, 1.82) is 0 Å². The van der Waals surface area contributed by atoms with Gasteiger partial charge in [-0.3, -0.25) is 4.98 Å². The molecule has 0 fully saturated rings. The molecule has 1 aromatic carbocycles. The summed E-state index contributed by atoms with van der Waals surface area (Å²) in [7, 11) is 0. The van der Waals surface area contributed by atoms with E-state index in [1.165, 1.54) is 24.0 Å². The molecule has 0 bridgehead atoms. The summed E-state index contributed by atoms with van der Waals surface area (Å²) in [5.74, 6) is 0.0565. The molecular formula is C13H12FNOS. The van der Waals surface area contributed by atoms with Gasteiger partial charge in [0.2, 0.25) is 0 Å². The van der Waals surface area contributed by atoms with E-state index in [1.54, 1.807) is 0 Å². The van der Waals surface area contributed by atoms with E-state index < -0.39 is 11.9 Å². The van der Waals surface area contributed by atoms with Crippen LogP contribution in [0.3, 0.4) is 0 Å². The van der Waals surface area contributed by atoms with Crippen LogP contribution in [0.1, 0.15) is 11.7 Å². The zero-order chi connectivity index (χ0) is 12.1. The van der Waals surface area contributed by atoms with Crippen molar-refractivity contribution in [2.45, 2.75) is 11.0 Å². The number of nitrogens with zero attached hydrogens (tertiary/aromatic N) is 1. The Morgan fingerprint density at radius 1 is 1.24 bits per heavy atom. The highest BCUT2D eigenvalue weighted by atomic mass is 32.2. The lowest BCUT2D eigenvalue weighted by molar-refractivity contribution is 0.203. The molecule has 4 heteroatoms. The van der Waals surface area contributed by atoms with Crippen LogP contribution in [-0.4, -0.2) is 15.8 Å². The number of aromatic nitrogens is 1. The summed E-state index contributed by atoms with van der Waals surface area (Å²) in [6.07, 6.45) is 1.91. The van der Waals surface area contributed by atoms with Gasteiger partial charge in [-0.15, -0.1) is 11.8 Å². The number of aliphatic hydroxyl groups is 1. The second-order valence-corrected chi connectivity index (χ2v) is 4.67. The largest absolute Gasteiger partial charge is 0.387 e. The lowest BCUT2D eigenvalue weighted by atomic mass is 10.2. The van der Waals surface area contributed by atoms with Crippen LogP contribution in [-0.2, 0) is 0 Å². The highest BCUT2D eigenvalue weighted by Gasteiger charge is 2.09. The first kappa shape index (κ1) is 12.1. The van der Waals surface area contributed by atoms with E-state index in [2.05, 4.69) is 4.98 Å². The normalized spacial score (nSPS) is 12.4. The molecule has 2 nitrogen and oxygen atoms in total. The molecule has 1 N–H and O–H groups in total. The molecule has 2 aromatic rings. The maximum atomic E-state index is 12.9. The first-order valence-corrected chi connectivity index (χ1v) is 6.20. The molecule has 17 heavy (non-hydrogen) atoms. The molecule has 0 spiro atoms. The minimum atomic E-state index is -0.705. The second-order valence-electron chi connectivity index (χ2n) is 3.58. The maximum Gasteiger partial charge on any atom is 0.141 e. The van der Waals surface area contributed by atoms with E-state index in [0.29, 0.717) is 11.3 Å². The van der Waals surface area contributed by atoms with Crippen molar-refractivity contribution in [2.24, 2.45) is 0 Å². The third kappa shape index (κ3) is 3.54. The number of thioether (sulfide) groups is 1. The number of benzene rings is 1. The number of hydrogen-bond donors (Lipinski definition) is 1. The number of halogens is 1. The lowest BCUT2D eigenvalue weighted by Gasteiger charge is -2.10. The quantitative estimate of drug-likeness (QED) is 0.845. The number of hydrogen-bond acceptors (Lipinski definition) is 3. The monoisotopic (exact) mass is 249 g/mol. The Bertz CT molecular complexity index is 478. The summed E-state index contributed by atoms with van der Waals surface area (Å²) in [6.45, 7) is 0. The van der Waals surface area contributed by atoms with Gasteiger partial charge in [0.15, 0.2) is 0 Å². The van der Waals surface area contributed by atoms with Crippen LogP contribution in [0.5, 0.6) is 0 Å². The van der Waals surface area contributed by atoms with Crippen molar-refractivity contribution in [3.8, 4) is 0 Å². The number of rotatable bonds is 4. The van der Waals surface area contributed by atoms with Gasteiger partial charge in [0.25, 0.3) is 0 Å². The van der Waals surface area contributed by atoms with Gasteiger partial charge in [-0.05, 0) is 18.2 Å². The maximum absolute atomic E-state index is 12.9. The van der Waals surface area contributed by atoms with Crippen molar-refractivity contribution < 1.29 is 9.50 Å². The average Bonchev–Trinajstić information content (AvgIpc) is 2.37. The van der Waals surface area contributed by atoms with E-state index in [1.807, 2.05) is 30.3 Å². The van der Waals surface area contributed by atoms with Crippen molar-refractivity contribution in [3.63, 3.8) is 0 Å². The Balaban J connectivity index is 1.96. The second kappa shape index (κ2) is 5.80. The molecule has 0 aliphatic rings. The van der Waals surface area contributed by atoms with Gasteiger partial charge in [-0.1, -0.05) is 18.2 Å². The van der Waals surface area contributed by atoms with Crippen LogP contribution in [0.25, 0.3) is 0 Å². The van der Waals surface area contributed by atoms with E-state index in [-0.39, 0.29) is 0 Å². The molecule has 0 amide bonds. The summed E-state index contributed by atoms with van der Waals surface area (Å²) in [5, 5.41) is 9.88. The zero-order valence-corrected chi connectivity index (χ0v) is 9.90. The van der Waals surface area contributed by atoms with E-state index in [0.717, 1.165) is 11.1 Å². The average molecular weight is 249 g/mol. The number of pyridine rings is 1. The van der Waals surface area contributed by atoms with Crippen molar-refractivity contribution in [2.75, 3.05) is 5.75 Å². The molecule has 0 saturated carbocycles. The Labute approximate surface area is 104 Å². The van der Waals surface area contributed by atoms with Gasteiger partial charge >= 0.3 is 0 Å². The SMILES string of the molecule is OC(CSc1ccccc1)c1cncc(F)c1. The highest BCUT2D eigenvalue weighted by molar-refractivity contribution is 7.99. The minimum Gasteiger partial charge on any atom is -0.387 e. The van der Waals surface area contributed by atoms with Crippen LogP contribution in [0.4, 0.5) is 4.39 Å². The topological polar surface area (TPSA) is 33.1 Å². The molecule has 0 saturated heterocycles. The molecule has 0 aliphatic heterocycles.